The topological polar surface area (TPSA) is 26.7 Å². The lowest BCUT2D eigenvalue weighted by Gasteiger charge is -2.53. The molecule has 0 spiro atoms. The highest BCUT2D eigenvalue weighted by atomic mass is 32.0. The number of nitrogens with zero attached hydrogens (tertiary/aromatic N) is 2. The van der Waals surface area contributed by atoms with Crippen LogP contribution in [0.4, 0.5) is 0 Å². The molecule has 0 aromatic heterocycles. The third kappa shape index (κ3) is 1.99. The van der Waals surface area contributed by atoms with Crippen molar-refractivity contribution < 1.29 is 5.11 Å². The molecule has 5 heteroatoms. The minimum Gasteiger partial charge on any atom is -0.386 e. The molecule has 2 aliphatic heterocycles. The number of likely N-dealkylation sites (tertiary alicyclic amines) is 1. The SMILES string of the molecule is CN1CC(O)([C@@H]2CCCCN2PP)C1. The second-order valence-electron chi connectivity index (χ2n) is 4.61. The number of hydrogen-bond donors (Lipinski definition) is 1. The Kier molecular flexibility index (Phi) is 3.46. The summed E-state index contributed by atoms with van der Waals surface area (Å²) < 4.78 is 2.45. The van der Waals surface area contributed by atoms with E-state index < -0.39 is 5.60 Å². The van der Waals surface area contributed by atoms with E-state index >= 15 is 0 Å². The molecule has 3 nitrogen and oxygen atoms in total. The van der Waals surface area contributed by atoms with E-state index in [9.17, 15) is 5.11 Å². The lowest BCUT2D eigenvalue weighted by atomic mass is 9.82. The first-order chi connectivity index (χ1) is 6.65. The maximum absolute atomic E-state index is 10.4. The molecule has 0 aromatic rings. The summed E-state index contributed by atoms with van der Waals surface area (Å²) >= 11 is 0. The lowest BCUT2D eigenvalue weighted by Crippen LogP contribution is -2.69. The largest absolute Gasteiger partial charge is 0.386 e. The van der Waals surface area contributed by atoms with E-state index in [1.807, 2.05) is 0 Å². The Balaban J connectivity index is 2.00. The number of rotatable bonds is 2. The van der Waals surface area contributed by atoms with Crippen molar-refractivity contribution in [1.29, 1.82) is 0 Å². The summed E-state index contributed by atoms with van der Waals surface area (Å²) in [5, 5.41) is 10.4. The van der Waals surface area contributed by atoms with E-state index in [2.05, 4.69) is 25.5 Å². The minimum absolute atomic E-state index is 0.406. The summed E-state index contributed by atoms with van der Waals surface area (Å²) in [4.78, 5) is 2.19. The molecule has 82 valence electrons. The monoisotopic (exact) mass is 234 g/mol. The van der Waals surface area contributed by atoms with Crippen molar-refractivity contribution in [2.75, 3.05) is 26.7 Å². The Hall–Kier alpha value is 0.740. The molecule has 0 amide bonds. The van der Waals surface area contributed by atoms with Gasteiger partial charge in [0.2, 0.25) is 0 Å². The summed E-state index contributed by atoms with van der Waals surface area (Å²) in [6, 6.07) is 0.406. The zero-order valence-corrected chi connectivity index (χ0v) is 10.9. The molecule has 1 N–H and O–H groups in total. The van der Waals surface area contributed by atoms with Gasteiger partial charge in [0.15, 0.2) is 0 Å². The van der Waals surface area contributed by atoms with Crippen LogP contribution >= 0.6 is 17.3 Å². The first-order valence-corrected chi connectivity index (χ1v) is 8.05. The van der Waals surface area contributed by atoms with E-state index in [0.29, 0.717) is 6.04 Å². The quantitative estimate of drug-likeness (QED) is 0.719. The van der Waals surface area contributed by atoms with E-state index in [4.69, 9.17) is 0 Å². The average molecular weight is 234 g/mol. The Bertz CT molecular complexity index is 209. The van der Waals surface area contributed by atoms with E-state index in [1.165, 1.54) is 25.8 Å². The third-order valence-corrected chi connectivity index (χ3v) is 5.24. The second-order valence-corrected chi connectivity index (χ2v) is 6.22. The number of hydrogen-bond acceptors (Lipinski definition) is 3. The fourth-order valence-electron chi connectivity index (χ4n) is 2.74. The smallest absolute Gasteiger partial charge is 0.106 e. The molecule has 14 heavy (non-hydrogen) atoms. The van der Waals surface area contributed by atoms with E-state index in [1.54, 1.807) is 0 Å². The molecule has 2 aliphatic rings. The average Bonchev–Trinajstić information content (AvgIpc) is 2.15. The van der Waals surface area contributed by atoms with Gasteiger partial charge in [-0.05, 0) is 28.3 Å². The maximum atomic E-state index is 10.4. The van der Waals surface area contributed by atoms with Crippen molar-refractivity contribution in [2.45, 2.75) is 30.9 Å². The van der Waals surface area contributed by atoms with Crippen LogP contribution in [0.5, 0.6) is 0 Å². The van der Waals surface area contributed by atoms with Crippen molar-refractivity contribution >= 4 is 17.3 Å². The Morgan fingerprint density at radius 3 is 2.71 bits per heavy atom. The molecule has 2 rings (SSSR count). The van der Waals surface area contributed by atoms with Gasteiger partial charge >= 0.3 is 0 Å². The van der Waals surface area contributed by atoms with Gasteiger partial charge in [0, 0.05) is 25.7 Å². The van der Waals surface area contributed by atoms with Crippen LogP contribution in [0.1, 0.15) is 19.3 Å². The van der Waals surface area contributed by atoms with Crippen molar-refractivity contribution in [2.24, 2.45) is 0 Å². The highest BCUT2D eigenvalue weighted by molar-refractivity contribution is 8.01. The normalized spacial score (nSPS) is 34.9. The first-order valence-electron chi connectivity index (χ1n) is 5.29. The highest BCUT2D eigenvalue weighted by Crippen LogP contribution is 2.40. The predicted octanol–water partition coefficient (Wildman–Crippen LogP) is 0.901. The number of piperidine rings is 1. The molecular weight excluding hydrogens is 214 g/mol. The highest BCUT2D eigenvalue weighted by Gasteiger charge is 2.48. The Morgan fingerprint density at radius 1 is 1.43 bits per heavy atom. The third-order valence-electron chi connectivity index (χ3n) is 3.38. The second kappa shape index (κ2) is 4.31. The van der Waals surface area contributed by atoms with Crippen molar-refractivity contribution in [3.8, 4) is 0 Å². The van der Waals surface area contributed by atoms with Crippen LogP contribution in [0, 0.1) is 0 Å². The summed E-state index contributed by atoms with van der Waals surface area (Å²) in [6.45, 7) is 2.87. The number of β-amino-alcohol motifs (C(OH)–C–C–N with tert-alkyl or cyclic N) is 1. The summed E-state index contributed by atoms with van der Waals surface area (Å²) in [5.41, 5.74) is -0.418. The maximum Gasteiger partial charge on any atom is 0.106 e. The van der Waals surface area contributed by atoms with Crippen molar-refractivity contribution in [3.05, 3.63) is 0 Å². The first kappa shape index (κ1) is 11.2. The lowest BCUT2D eigenvalue weighted by molar-refractivity contribution is -0.130. The molecule has 0 bridgehead atoms. The molecule has 0 aliphatic carbocycles. The molecule has 0 radical (unpaired) electrons. The van der Waals surface area contributed by atoms with Gasteiger partial charge in [-0.1, -0.05) is 15.3 Å². The van der Waals surface area contributed by atoms with Gasteiger partial charge in [0.25, 0.3) is 0 Å². The molecule has 2 saturated heterocycles. The summed E-state index contributed by atoms with van der Waals surface area (Å²) in [6.07, 6.45) is 3.75. The summed E-state index contributed by atoms with van der Waals surface area (Å²) in [5.74, 6) is 0. The number of aliphatic hydroxyl groups is 1. The van der Waals surface area contributed by atoms with Crippen LogP contribution in [0.15, 0.2) is 0 Å². The van der Waals surface area contributed by atoms with Crippen LogP contribution in [-0.2, 0) is 0 Å². The van der Waals surface area contributed by atoms with Crippen molar-refractivity contribution in [3.63, 3.8) is 0 Å². The van der Waals surface area contributed by atoms with E-state index in [-0.39, 0.29) is 0 Å². The summed E-state index contributed by atoms with van der Waals surface area (Å²) in [7, 11) is 5.65. The van der Waals surface area contributed by atoms with Crippen LogP contribution in [0.3, 0.4) is 0 Å². The van der Waals surface area contributed by atoms with Gasteiger partial charge in [-0.2, -0.15) is 0 Å². The van der Waals surface area contributed by atoms with Crippen LogP contribution in [0.25, 0.3) is 0 Å². The zero-order valence-electron chi connectivity index (χ0n) is 8.74. The standard InChI is InChI=1S/C9H20N2OP2/c1-10-6-9(12,7-10)8-4-2-3-5-11(8)14-13/h8,12,14H,2-7,13H2,1H3/t8-/m0/s1. The molecule has 2 heterocycles. The zero-order chi connectivity index (χ0) is 10.2. The molecule has 0 saturated carbocycles. The van der Waals surface area contributed by atoms with Gasteiger partial charge in [0.1, 0.15) is 5.60 Å². The Morgan fingerprint density at radius 2 is 2.14 bits per heavy atom. The molecule has 2 fully saturated rings. The van der Waals surface area contributed by atoms with Gasteiger partial charge in [-0.25, -0.2) is 0 Å². The van der Waals surface area contributed by atoms with Crippen LogP contribution in [0.2, 0.25) is 0 Å². The van der Waals surface area contributed by atoms with E-state index in [0.717, 1.165) is 21.5 Å². The van der Waals surface area contributed by atoms with Gasteiger partial charge in [-0.3, -0.25) is 4.67 Å². The molecule has 0 aromatic carbocycles. The fourth-order valence-corrected chi connectivity index (χ4v) is 4.51. The van der Waals surface area contributed by atoms with Gasteiger partial charge in [0.05, 0.1) is 0 Å². The molecule has 2 unspecified atom stereocenters. The molecule has 3 atom stereocenters. The van der Waals surface area contributed by atoms with Gasteiger partial charge < -0.3 is 10.0 Å². The van der Waals surface area contributed by atoms with Crippen LogP contribution < -0.4 is 0 Å². The Labute approximate surface area is 90.2 Å². The van der Waals surface area contributed by atoms with Crippen LogP contribution in [-0.4, -0.2) is 53.0 Å². The van der Waals surface area contributed by atoms with Gasteiger partial charge in [-0.15, -0.1) is 0 Å². The fraction of sp³-hybridized carbons (Fsp3) is 1.00. The van der Waals surface area contributed by atoms with Crippen molar-refractivity contribution in [1.82, 2.24) is 9.57 Å². The predicted molar refractivity (Wildman–Crippen MR) is 64.8 cm³/mol. The molecular formula is C9H20N2OP2. The minimum atomic E-state index is -0.418. The number of likely N-dealkylation sites (N-methyl/N-ethyl adjacent to an activating group) is 1.